The zero-order chi connectivity index (χ0) is 24.0. The number of nitrogen functional groups attached to an aromatic ring is 1. The first kappa shape index (κ1) is 22.9. The van der Waals surface area contributed by atoms with Gasteiger partial charge in [-0.25, -0.2) is 0 Å². The summed E-state index contributed by atoms with van der Waals surface area (Å²) >= 11 is 0. The molecule has 1 aliphatic carbocycles. The summed E-state index contributed by atoms with van der Waals surface area (Å²) in [6.45, 7) is 7.01. The van der Waals surface area contributed by atoms with Crippen LogP contribution in [-0.4, -0.2) is 33.4 Å². The van der Waals surface area contributed by atoms with Crippen LogP contribution < -0.4 is 11.3 Å². The van der Waals surface area contributed by atoms with Crippen LogP contribution in [0.1, 0.15) is 64.9 Å². The van der Waals surface area contributed by atoms with Crippen molar-refractivity contribution in [2.45, 2.75) is 83.0 Å². The fourth-order valence-corrected chi connectivity index (χ4v) is 6.67. The molecule has 2 aliphatic rings. The van der Waals surface area contributed by atoms with Crippen molar-refractivity contribution in [3.8, 4) is 11.1 Å². The molecule has 0 spiro atoms. The fourth-order valence-electron chi connectivity index (χ4n) is 6.67. The number of hydrogen-bond acceptors (Lipinski definition) is 3. The van der Waals surface area contributed by atoms with Crippen molar-refractivity contribution < 1.29 is 0 Å². The first-order valence-electron chi connectivity index (χ1n) is 12.7. The van der Waals surface area contributed by atoms with E-state index in [1.807, 2.05) is 42.5 Å². The molecule has 1 aromatic heterocycles. The molecule has 2 unspecified atom stereocenters. The number of nitrogens with zero attached hydrogens (tertiary/aromatic N) is 2. The summed E-state index contributed by atoms with van der Waals surface area (Å²) in [4.78, 5) is 16.9. The highest BCUT2D eigenvalue weighted by Crippen LogP contribution is 2.42. The normalized spacial score (nSPS) is 27.8. The molecule has 34 heavy (non-hydrogen) atoms. The SMILES string of the molecule is C[C@@H]1CCC[C@H](C)N1C1CCC(C)(n2c(=O)c(-c3cccc(C(=N)N)c3)cc3ccccc32)C1. The van der Waals surface area contributed by atoms with E-state index in [1.165, 1.54) is 19.3 Å². The van der Waals surface area contributed by atoms with Crippen LogP contribution >= 0.6 is 0 Å². The molecule has 1 saturated heterocycles. The number of likely N-dealkylation sites (tertiary alicyclic amines) is 1. The van der Waals surface area contributed by atoms with Crippen LogP contribution in [0.15, 0.2) is 59.4 Å². The third kappa shape index (κ3) is 3.86. The van der Waals surface area contributed by atoms with Gasteiger partial charge in [-0.05, 0) is 82.0 Å². The van der Waals surface area contributed by atoms with Crippen molar-refractivity contribution in [1.82, 2.24) is 9.47 Å². The van der Waals surface area contributed by atoms with Gasteiger partial charge in [0.15, 0.2) is 0 Å². The number of nitrogens with two attached hydrogens (primary N) is 1. The van der Waals surface area contributed by atoms with E-state index >= 15 is 0 Å². The Kier molecular flexibility index (Phi) is 5.85. The Balaban J connectivity index is 1.62. The van der Waals surface area contributed by atoms with Crippen molar-refractivity contribution in [2.75, 3.05) is 0 Å². The quantitative estimate of drug-likeness (QED) is 0.403. The summed E-state index contributed by atoms with van der Waals surface area (Å²) in [5, 5.41) is 8.90. The highest BCUT2D eigenvalue weighted by Gasteiger charge is 2.43. The highest BCUT2D eigenvalue weighted by atomic mass is 16.1. The van der Waals surface area contributed by atoms with Gasteiger partial charge in [-0.3, -0.25) is 15.1 Å². The highest BCUT2D eigenvalue weighted by molar-refractivity contribution is 5.96. The predicted molar refractivity (Wildman–Crippen MR) is 141 cm³/mol. The standard InChI is InChI=1S/C29H36N4O/c1-19-8-6-9-20(2)32(19)24-14-15-29(3,18-24)33-26-13-5-4-10-22(26)17-25(28(33)34)21-11-7-12-23(16-21)27(30)31/h4-5,7,10-13,16-17,19-20,24H,6,8-9,14-15,18H2,1-3H3,(H3,30,31)/t19-,20+,24?,29?. The summed E-state index contributed by atoms with van der Waals surface area (Å²) in [6, 6.07) is 19.4. The van der Waals surface area contributed by atoms with Crippen LogP contribution in [0.5, 0.6) is 0 Å². The molecule has 0 amide bonds. The molecule has 3 N–H and O–H groups in total. The Hall–Kier alpha value is -2.92. The van der Waals surface area contributed by atoms with Crippen LogP contribution in [0.25, 0.3) is 22.0 Å². The van der Waals surface area contributed by atoms with Crippen LogP contribution in [0, 0.1) is 5.41 Å². The number of hydrogen-bond donors (Lipinski definition) is 2. The third-order valence-electron chi connectivity index (χ3n) is 8.31. The molecule has 1 saturated carbocycles. The number of aromatic nitrogens is 1. The lowest BCUT2D eigenvalue weighted by molar-refractivity contribution is 0.0528. The van der Waals surface area contributed by atoms with Gasteiger partial charge in [0.1, 0.15) is 5.84 Å². The molecule has 0 radical (unpaired) electrons. The molecule has 5 heteroatoms. The minimum Gasteiger partial charge on any atom is -0.384 e. The lowest BCUT2D eigenvalue weighted by Crippen LogP contribution is -2.50. The molecule has 1 aliphatic heterocycles. The molecule has 5 rings (SSSR count). The molecular formula is C29H36N4O. The Morgan fingerprint density at radius 3 is 2.50 bits per heavy atom. The number of nitrogens with one attached hydrogen (secondary N) is 1. The summed E-state index contributed by atoms with van der Waals surface area (Å²) < 4.78 is 2.08. The average molecular weight is 457 g/mol. The number of benzene rings is 2. The smallest absolute Gasteiger partial charge is 0.259 e. The van der Waals surface area contributed by atoms with Gasteiger partial charge in [-0.2, -0.15) is 0 Å². The van der Waals surface area contributed by atoms with Crippen molar-refractivity contribution in [1.29, 1.82) is 5.41 Å². The summed E-state index contributed by atoms with van der Waals surface area (Å²) in [5.41, 5.74) is 8.67. The zero-order valence-electron chi connectivity index (χ0n) is 20.6. The Morgan fingerprint density at radius 1 is 1.03 bits per heavy atom. The molecular weight excluding hydrogens is 420 g/mol. The van der Waals surface area contributed by atoms with E-state index in [0.29, 0.717) is 29.3 Å². The predicted octanol–water partition coefficient (Wildman–Crippen LogP) is 5.48. The van der Waals surface area contributed by atoms with E-state index in [0.717, 1.165) is 35.7 Å². The van der Waals surface area contributed by atoms with E-state index in [4.69, 9.17) is 11.1 Å². The summed E-state index contributed by atoms with van der Waals surface area (Å²) in [7, 11) is 0. The van der Waals surface area contributed by atoms with Gasteiger partial charge < -0.3 is 10.3 Å². The van der Waals surface area contributed by atoms with E-state index in [1.54, 1.807) is 0 Å². The van der Waals surface area contributed by atoms with E-state index in [-0.39, 0.29) is 16.9 Å². The largest absolute Gasteiger partial charge is 0.384 e. The van der Waals surface area contributed by atoms with E-state index < -0.39 is 0 Å². The first-order valence-corrected chi connectivity index (χ1v) is 12.7. The van der Waals surface area contributed by atoms with Crippen molar-refractivity contribution in [3.63, 3.8) is 0 Å². The van der Waals surface area contributed by atoms with Crippen molar-refractivity contribution >= 4 is 16.7 Å². The molecule has 2 aromatic carbocycles. The Labute approximate surface area is 202 Å². The van der Waals surface area contributed by atoms with Gasteiger partial charge in [0.2, 0.25) is 0 Å². The first-order chi connectivity index (χ1) is 16.3. The van der Waals surface area contributed by atoms with Gasteiger partial charge in [-0.1, -0.05) is 42.8 Å². The molecule has 5 nitrogen and oxygen atoms in total. The zero-order valence-corrected chi connectivity index (χ0v) is 20.6. The average Bonchev–Trinajstić information content (AvgIpc) is 3.20. The monoisotopic (exact) mass is 456 g/mol. The third-order valence-corrected chi connectivity index (χ3v) is 8.31. The van der Waals surface area contributed by atoms with Gasteiger partial charge >= 0.3 is 0 Å². The van der Waals surface area contributed by atoms with Crippen molar-refractivity contribution in [2.24, 2.45) is 5.73 Å². The van der Waals surface area contributed by atoms with Gasteiger partial charge in [0, 0.05) is 34.8 Å². The number of para-hydroxylation sites is 1. The van der Waals surface area contributed by atoms with Crippen molar-refractivity contribution in [3.05, 3.63) is 70.5 Å². The van der Waals surface area contributed by atoms with Gasteiger partial charge in [0.25, 0.3) is 5.56 Å². The maximum atomic E-state index is 14.1. The lowest BCUT2D eigenvalue weighted by Gasteiger charge is -2.43. The summed E-state index contributed by atoms with van der Waals surface area (Å²) in [5.74, 6) is 0.0123. The second-order valence-electron chi connectivity index (χ2n) is 10.7. The molecule has 4 atom stereocenters. The second kappa shape index (κ2) is 8.70. The van der Waals surface area contributed by atoms with Crippen LogP contribution in [0.4, 0.5) is 0 Å². The second-order valence-corrected chi connectivity index (χ2v) is 10.7. The van der Waals surface area contributed by atoms with E-state index in [2.05, 4.69) is 42.4 Å². The van der Waals surface area contributed by atoms with Crippen LogP contribution in [0.3, 0.4) is 0 Å². The molecule has 2 fully saturated rings. The number of fused-ring (bicyclic) bond motifs is 1. The van der Waals surface area contributed by atoms with Gasteiger partial charge in [0.05, 0.1) is 5.52 Å². The molecule has 3 aromatic rings. The van der Waals surface area contributed by atoms with Crippen LogP contribution in [0.2, 0.25) is 0 Å². The topological polar surface area (TPSA) is 75.1 Å². The minimum atomic E-state index is -0.244. The number of pyridine rings is 1. The maximum absolute atomic E-state index is 14.1. The Bertz CT molecular complexity index is 1280. The molecule has 0 bridgehead atoms. The van der Waals surface area contributed by atoms with E-state index in [9.17, 15) is 4.79 Å². The van der Waals surface area contributed by atoms with Gasteiger partial charge in [-0.15, -0.1) is 0 Å². The molecule has 2 heterocycles. The lowest BCUT2D eigenvalue weighted by atomic mass is 9.92. The minimum absolute atomic E-state index is 0.0123. The number of amidine groups is 1. The number of rotatable bonds is 4. The molecule has 178 valence electrons. The fraction of sp³-hybridized carbons (Fsp3) is 0.448. The van der Waals surface area contributed by atoms with Crippen LogP contribution in [-0.2, 0) is 5.54 Å². The summed E-state index contributed by atoms with van der Waals surface area (Å²) in [6.07, 6.45) is 6.95. The maximum Gasteiger partial charge on any atom is 0.259 e. The number of piperidine rings is 1. The Morgan fingerprint density at radius 2 is 1.76 bits per heavy atom.